The monoisotopic (exact) mass is 302 g/mol. The summed E-state index contributed by atoms with van der Waals surface area (Å²) in [4.78, 5) is 18.0. The maximum atomic E-state index is 12.1. The van der Waals surface area contributed by atoms with Crippen LogP contribution in [0, 0.1) is 0 Å². The van der Waals surface area contributed by atoms with Crippen LogP contribution >= 0.6 is 0 Å². The first-order chi connectivity index (χ1) is 10.8. The number of rotatable bonds is 4. The average Bonchev–Trinajstić information content (AvgIpc) is 2.86. The van der Waals surface area contributed by atoms with E-state index in [1.807, 2.05) is 18.2 Å². The summed E-state index contributed by atoms with van der Waals surface area (Å²) in [7, 11) is 0. The molecule has 3 aliphatic rings. The second kappa shape index (κ2) is 5.58. The van der Waals surface area contributed by atoms with Gasteiger partial charge in [-0.15, -0.1) is 0 Å². The number of hydrogen-bond acceptors (Lipinski definition) is 6. The summed E-state index contributed by atoms with van der Waals surface area (Å²) in [5.41, 5.74) is 1.54. The maximum absolute atomic E-state index is 12.1. The molecule has 1 aromatic rings. The molecule has 0 radical (unpaired) electrons. The standard InChI is InChI=1S/C15H18N4O3/c20-15-19(9-12(22-15)8-18-10-6-16-7-10)11-1-2-14-13(5-11)17-3-4-21-14/h1-3,5,10,12,16,18H,4,6-9H2/t12-/m1/s1. The van der Waals surface area contributed by atoms with Gasteiger partial charge in [0.15, 0.2) is 0 Å². The number of fused-ring (bicyclic) bond motifs is 1. The van der Waals surface area contributed by atoms with Crippen LogP contribution in [-0.2, 0) is 4.74 Å². The van der Waals surface area contributed by atoms with Gasteiger partial charge in [-0.2, -0.15) is 0 Å². The molecular weight excluding hydrogens is 284 g/mol. The van der Waals surface area contributed by atoms with E-state index in [1.165, 1.54) is 0 Å². The predicted octanol–water partition coefficient (Wildman–Crippen LogP) is 0.668. The SMILES string of the molecule is O=C1O[C@H](CNC2CNC2)CN1c1ccc2c(c1)N=CCO2. The number of anilines is 1. The third-order valence-corrected chi connectivity index (χ3v) is 4.09. The quantitative estimate of drug-likeness (QED) is 0.855. The number of aliphatic imine (C=N–C) groups is 1. The molecular formula is C15H18N4O3. The highest BCUT2D eigenvalue weighted by Gasteiger charge is 2.33. The second-order valence-electron chi connectivity index (χ2n) is 5.65. The van der Waals surface area contributed by atoms with Gasteiger partial charge in [0.1, 0.15) is 24.1 Å². The van der Waals surface area contributed by atoms with Crippen LogP contribution in [0.15, 0.2) is 23.2 Å². The highest BCUT2D eigenvalue weighted by atomic mass is 16.6. The van der Waals surface area contributed by atoms with Crippen LogP contribution in [0.1, 0.15) is 0 Å². The van der Waals surface area contributed by atoms with E-state index in [-0.39, 0.29) is 12.2 Å². The Morgan fingerprint density at radius 2 is 2.32 bits per heavy atom. The molecule has 2 saturated heterocycles. The highest BCUT2D eigenvalue weighted by molar-refractivity contribution is 5.91. The number of benzene rings is 1. The second-order valence-corrected chi connectivity index (χ2v) is 5.65. The molecule has 0 aliphatic carbocycles. The van der Waals surface area contributed by atoms with Crippen LogP contribution in [0.25, 0.3) is 0 Å². The molecule has 22 heavy (non-hydrogen) atoms. The minimum absolute atomic E-state index is 0.121. The molecule has 0 bridgehead atoms. The molecule has 3 heterocycles. The van der Waals surface area contributed by atoms with E-state index >= 15 is 0 Å². The van der Waals surface area contributed by atoms with Gasteiger partial charge in [0.05, 0.1) is 6.54 Å². The first-order valence-corrected chi connectivity index (χ1v) is 7.51. The van der Waals surface area contributed by atoms with Crippen LogP contribution < -0.4 is 20.3 Å². The van der Waals surface area contributed by atoms with E-state index < -0.39 is 0 Å². The Labute approximate surface area is 128 Å². The molecule has 4 rings (SSSR count). The minimum Gasteiger partial charge on any atom is -0.486 e. The summed E-state index contributed by atoms with van der Waals surface area (Å²) in [6.45, 7) is 3.68. The van der Waals surface area contributed by atoms with Crippen molar-refractivity contribution >= 4 is 23.7 Å². The van der Waals surface area contributed by atoms with Gasteiger partial charge in [-0.3, -0.25) is 9.89 Å². The summed E-state index contributed by atoms with van der Waals surface area (Å²) < 4.78 is 10.9. The molecule has 2 N–H and O–H groups in total. The topological polar surface area (TPSA) is 75.2 Å². The van der Waals surface area contributed by atoms with Crippen molar-refractivity contribution in [2.24, 2.45) is 4.99 Å². The molecule has 116 valence electrons. The number of nitrogens with zero attached hydrogens (tertiary/aromatic N) is 2. The molecule has 7 heteroatoms. The molecule has 0 spiro atoms. The lowest BCUT2D eigenvalue weighted by Crippen LogP contribution is -2.56. The summed E-state index contributed by atoms with van der Waals surface area (Å²) in [5.74, 6) is 0.745. The summed E-state index contributed by atoms with van der Waals surface area (Å²) >= 11 is 0. The fourth-order valence-electron chi connectivity index (χ4n) is 2.73. The Bertz CT molecular complexity index is 615. The Morgan fingerprint density at radius 1 is 1.41 bits per heavy atom. The fraction of sp³-hybridized carbons (Fsp3) is 0.467. The zero-order valence-electron chi connectivity index (χ0n) is 12.1. The summed E-state index contributed by atoms with van der Waals surface area (Å²) in [6, 6.07) is 6.06. The molecule has 1 amide bonds. The van der Waals surface area contributed by atoms with E-state index in [0.717, 1.165) is 30.2 Å². The Hall–Kier alpha value is -2.12. The Balaban J connectivity index is 1.43. The number of carbonyl (C=O) groups excluding carboxylic acids is 1. The van der Waals surface area contributed by atoms with Crippen LogP contribution in [-0.4, -0.2) is 57.2 Å². The van der Waals surface area contributed by atoms with Gasteiger partial charge in [0.2, 0.25) is 0 Å². The summed E-state index contributed by atoms with van der Waals surface area (Å²) in [5, 5.41) is 6.60. The van der Waals surface area contributed by atoms with E-state index in [9.17, 15) is 4.79 Å². The van der Waals surface area contributed by atoms with Crippen molar-refractivity contribution in [1.29, 1.82) is 0 Å². The third kappa shape index (κ3) is 2.53. The van der Waals surface area contributed by atoms with Gasteiger partial charge in [-0.25, -0.2) is 4.79 Å². The van der Waals surface area contributed by atoms with Crippen LogP contribution in [0.3, 0.4) is 0 Å². The normalized spacial score (nSPS) is 23.7. The lowest BCUT2D eigenvalue weighted by Gasteiger charge is -2.28. The first kappa shape index (κ1) is 13.5. The van der Waals surface area contributed by atoms with Crippen LogP contribution in [0.4, 0.5) is 16.2 Å². The van der Waals surface area contributed by atoms with Gasteiger partial charge in [-0.05, 0) is 18.2 Å². The van der Waals surface area contributed by atoms with E-state index in [1.54, 1.807) is 11.1 Å². The largest absolute Gasteiger partial charge is 0.486 e. The molecule has 1 atom stereocenters. The van der Waals surface area contributed by atoms with Crippen molar-refractivity contribution in [1.82, 2.24) is 10.6 Å². The van der Waals surface area contributed by atoms with Gasteiger partial charge < -0.3 is 20.1 Å². The van der Waals surface area contributed by atoms with Gasteiger partial charge in [-0.1, -0.05) is 0 Å². The maximum Gasteiger partial charge on any atom is 0.414 e. The van der Waals surface area contributed by atoms with E-state index in [2.05, 4.69) is 15.6 Å². The highest BCUT2D eigenvalue weighted by Crippen LogP contribution is 2.34. The zero-order chi connectivity index (χ0) is 14.9. The molecule has 7 nitrogen and oxygen atoms in total. The lowest BCUT2D eigenvalue weighted by atomic mass is 10.1. The molecule has 3 aliphatic heterocycles. The van der Waals surface area contributed by atoms with Crippen LogP contribution in [0.5, 0.6) is 5.75 Å². The van der Waals surface area contributed by atoms with Crippen molar-refractivity contribution in [3.63, 3.8) is 0 Å². The number of amides is 1. The molecule has 0 saturated carbocycles. The fourth-order valence-corrected chi connectivity index (χ4v) is 2.73. The number of hydrogen-bond donors (Lipinski definition) is 2. The minimum atomic E-state index is -0.306. The Morgan fingerprint density at radius 3 is 3.14 bits per heavy atom. The van der Waals surface area contributed by atoms with E-state index in [0.29, 0.717) is 25.7 Å². The molecule has 0 aromatic heterocycles. The molecule has 0 unspecified atom stereocenters. The lowest BCUT2D eigenvalue weighted by molar-refractivity contribution is 0.136. The summed E-state index contributed by atoms with van der Waals surface area (Å²) in [6.07, 6.45) is 1.29. The van der Waals surface area contributed by atoms with Gasteiger partial charge in [0, 0.05) is 37.6 Å². The first-order valence-electron chi connectivity index (χ1n) is 7.51. The van der Waals surface area contributed by atoms with Crippen LogP contribution in [0.2, 0.25) is 0 Å². The van der Waals surface area contributed by atoms with Gasteiger partial charge in [0.25, 0.3) is 0 Å². The van der Waals surface area contributed by atoms with Crippen molar-refractivity contribution in [3.05, 3.63) is 18.2 Å². The van der Waals surface area contributed by atoms with E-state index in [4.69, 9.17) is 9.47 Å². The third-order valence-electron chi connectivity index (χ3n) is 4.09. The predicted molar refractivity (Wildman–Crippen MR) is 82.4 cm³/mol. The Kier molecular flexibility index (Phi) is 3.44. The van der Waals surface area contributed by atoms with Crippen molar-refractivity contribution in [2.75, 3.05) is 37.7 Å². The van der Waals surface area contributed by atoms with Gasteiger partial charge >= 0.3 is 6.09 Å². The molecule has 2 fully saturated rings. The van der Waals surface area contributed by atoms with Crippen molar-refractivity contribution < 1.29 is 14.3 Å². The zero-order valence-corrected chi connectivity index (χ0v) is 12.1. The number of ether oxygens (including phenoxy) is 2. The smallest absolute Gasteiger partial charge is 0.414 e. The number of carbonyl (C=O) groups is 1. The van der Waals surface area contributed by atoms with Crippen molar-refractivity contribution in [3.8, 4) is 5.75 Å². The van der Waals surface area contributed by atoms with Crippen molar-refractivity contribution in [2.45, 2.75) is 12.1 Å². The number of cyclic esters (lactones) is 1. The average molecular weight is 302 g/mol. The molecule has 1 aromatic carbocycles. The number of nitrogens with one attached hydrogen (secondary N) is 2.